The van der Waals surface area contributed by atoms with Gasteiger partial charge in [0.2, 0.25) is 0 Å². The van der Waals surface area contributed by atoms with Crippen LogP contribution in [0.15, 0.2) is 30.3 Å². The number of nitrogens with zero attached hydrogens (tertiary/aromatic N) is 6. The van der Waals surface area contributed by atoms with Crippen molar-refractivity contribution in [1.29, 1.82) is 0 Å². The first kappa shape index (κ1) is 26.5. The maximum atomic E-state index is 10.3. The van der Waals surface area contributed by atoms with Gasteiger partial charge in [-0.15, -0.1) is 10.2 Å². The molecule has 0 unspecified atom stereocenters. The zero-order valence-electron chi connectivity index (χ0n) is 24.1. The van der Waals surface area contributed by atoms with Gasteiger partial charge in [-0.05, 0) is 102 Å². The number of hydrogen-bond acceptors (Lipinski definition) is 8. The maximum absolute atomic E-state index is 10.3. The number of anilines is 2. The summed E-state index contributed by atoms with van der Waals surface area (Å²) in [7, 11) is 0. The fourth-order valence-electron chi connectivity index (χ4n) is 8.26. The summed E-state index contributed by atoms with van der Waals surface area (Å²) < 4.78 is 0. The molecule has 4 aliphatic heterocycles. The lowest BCUT2D eigenvalue weighted by Crippen LogP contribution is -2.60. The fourth-order valence-corrected chi connectivity index (χ4v) is 8.26. The van der Waals surface area contributed by atoms with Gasteiger partial charge in [0.05, 0.1) is 17.4 Å². The third-order valence-electron chi connectivity index (χ3n) is 10.6. The second-order valence-corrected chi connectivity index (χ2v) is 13.0. The lowest BCUT2D eigenvalue weighted by molar-refractivity contribution is 0.0574. The SMILES string of the molecule is Oc1ccccc1-c1cc2c(nn1)NC[C@H]1CN([C@H]3CC[C@H](N4CCC(CN5CCCCC5)CC4)CC3)CCN21. The molecular formula is C32H47N7O. The van der Waals surface area contributed by atoms with Gasteiger partial charge in [0.25, 0.3) is 0 Å². The first-order valence-corrected chi connectivity index (χ1v) is 16.1. The Bertz CT molecular complexity index is 1140. The number of likely N-dealkylation sites (tertiary alicyclic amines) is 2. The molecule has 7 rings (SSSR count). The van der Waals surface area contributed by atoms with E-state index < -0.39 is 0 Å². The number of phenols is 1. The van der Waals surface area contributed by atoms with Crippen LogP contribution in [-0.4, -0.2) is 107 Å². The third kappa shape index (κ3) is 5.55. The van der Waals surface area contributed by atoms with E-state index in [1.165, 1.54) is 90.5 Å². The number of fused-ring (bicyclic) bond motifs is 3. The number of piperidine rings is 2. The molecule has 1 aromatic heterocycles. The Morgan fingerprint density at radius 2 is 1.52 bits per heavy atom. The van der Waals surface area contributed by atoms with Gasteiger partial charge in [0, 0.05) is 50.4 Å². The highest BCUT2D eigenvalue weighted by molar-refractivity contribution is 5.76. The van der Waals surface area contributed by atoms with Crippen molar-refractivity contribution in [2.75, 3.05) is 69.1 Å². The molecule has 1 atom stereocenters. The molecule has 1 saturated carbocycles. The average molecular weight is 546 g/mol. The minimum Gasteiger partial charge on any atom is -0.507 e. The molecule has 40 heavy (non-hydrogen) atoms. The van der Waals surface area contributed by atoms with Crippen molar-refractivity contribution in [1.82, 2.24) is 24.9 Å². The van der Waals surface area contributed by atoms with E-state index in [0.29, 0.717) is 6.04 Å². The van der Waals surface area contributed by atoms with Crippen molar-refractivity contribution in [2.24, 2.45) is 5.92 Å². The van der Waals surface area contributed by atoms with Crippen molar-refractivity contribution < 1.29 is 5.11 Å². The van der Waals surface area contributed by atoms with Crippen LogP contribution < -0.4 is 10.2 Å². The van der Waals surface area contributed by atoms with E-state index in [4.69, 9.17) is 0 Å². The summed E-state index contributed by atoms with van der Waals surface area (Å²) in [5.74, 6) is 2.04. The number of nitrogens with one attached hydrogen (secondary N) is 1. The Morgan fingerprint density at radius 3 is 2.30 bits per heavy atom. The molecule has 2 aromatic rings. The van der Waals surface area contributed by atoms with Gasteiger partial charge in [-0.25, -0.2) is 0 Å². The molecular weight excluding hydrogens is 498 g/mol. The summed E-state index contributed by atoms with van der Waals surface area (Å²) in [6, 6.07) is 11.5. The Kier molecular flexibility index (Phi) is 7.83. The smallest absolute Gasteiger partial charge is 0.172 e. The summed E-state index contributed by atoms with van der Waals surface area (Å²) in [4.78, 5) is 10.9. The molecule has 8 nitrogen and oxygen atoms in total. The topological polar surface area (TPSA) is 71.0 Å². The zero-order valence-corrected chi connectivity index (χ0v) is 24.1. The molecule has 0 spiro atoms. The highest BCUT2D eigenvalue weighted by atomic mass is 16.3. The standard InChI is InChI=1S/C32H47N7O/c40-31-7-3-2-6-28(31)29-20-30-32(35-34-29)33-21-27-23-38(18-19-39(27)30)26-10-8-25(9-11-26)37-16-12-24(13-17-37)22-36-14-4-1-5-15-36/h2-3,6-7,20,24-27,40H,1,4-5,8-19,21-23H2,(H,33,35)/t25-,26-,27-/m0/s1. The molecule has 5 aliphatic rings. The molecule has 0 bridgehead atoms. The second kappa shape index (κ2) is 11.8. The van der Waals surface area contributed by atoms with Crippen LogP contribution in [0.25, 0.3) is 11.3 Å². The van der Waals surface area contributed by atoms with E-state index in [1.807, 2.05) is 18.2 Å². The van der Waals surface area contributed by atoms with Crippen LogP contribution in [0.4, 0.5) is 11.5 Å². The third-order valence-corrected chi connectivity index (χ3v) is 10.6. The van der Waals surface area contributed by atoms with E-state index in [-0.39, 0.29) is 5.75 Å². The predicted molar refractivity (Wildman–Crippen MR) is 161 cm³/mol. The minimum absolute atomic E-state index is 0.249. The Balaban J connectivity index is 0.908. The van der Waals surface area contributed by atoms with Crippen LogP contribution in [0.5, 0.6) is 5.75 Å². The zero-order chi connectivity index (χ0) is 26.9. The van der Waals surface area contributed by atoms with E-state index in [1.54, 1.807) is 6.07 Å². The number of para-hydroxylation sites is 1. The molecule has 0 radical (unpaired) electrons. The number of rotatable bonds is 5. The number of hydrogen-bond donors (Lipinski definition) is 2. The molecule has 3 saturated heterocycles. The van der Waals surface area contributed by atoms with Crippen LogP contribution in [0.3, 0.4) is 0 Å². The molecule has 1 aliphatic carbocycles. The van der Waals surface area contributed by atoms with Crippen molar-refractivity contribution in [3.63, 3.8) is 0 Å². The summed E-state index contributed by atoms with van der Waals surface area (Å²) >= 11 is 0. The first-order chi connectivity index (χ1) is 19.7. The average Bonchev–Trinajstić information content (AvgIpc) is 3.02. The largest absolute Gasteiger partial charge is 0.507 e. The minimum atomic E-state index is 0.249. The molecule has 1 aromatic carbocycles. The number of aromatic hydroxyl groups is 1. The van der Waals surface area contributed by atoms with Gasteiger partial charge in [-0.1, -0.05) is 18.6 Å². The highest BCUT2D eigenvalue weighted by Gasteiger charge is 2.37. The fraction of sp³-hybridized carbons (Fsp3) is 0.688. The Labute approximate surface area is 239 Å². The quantitative estimate of drug-likeness (QED) is 0.577. The maximum Gasteiger partial charge on any atom is 0.172 e. The summed E-state index contributed by atoms with van der Waals surface area (Å²) in [6.45, 7) is 10.8. The normalized spacial score (nSPS) is 29.0. The van der Waals surface area contributed by atoms with E-state index in [2.05, 4.69) is 41.2 Å². The number of benzene rings is 1. The Hall–Kier alpha value is -2.42. The number of piperazine rings is 1. The van der Waals surface area contributed by atoms with Crippen LogP contribution in [-0.2, 0) is 0 Å². The van der Waals surface area contributed by atoms with Crippen LogP contribution in [0.2, 0.25) is 0 Å². The van der Waals surface area contributed by atoms with Gasteiger partial charge >= 0.3 is 0 Å². The van der Waals surface area contributed by atoms with Gasteiger partial charge in [0.1, 0.15) is 5.75 Å². The van der Waals surface area contributed by atoms with Crippen LogP contribution >= 0.6 is 0 Å². The van der Waals surface area contributed by atoms with Crippen molar-refractivity contribution in [2.45, 2.75) is 75.9 Å². The molecule has 5 heterocycles. The van der Waals surface area contributed by atoms with Crippen molar-refractivity contribution in [3.05, 3.63) is 30.3 Å². The van der Waals surface area contributed by atoms with Crippen molar-refractivity contribution in [3.8, 4) is 17.0 Å². The number of phenolic OH excluding ortho intramolecular Hbond substituents is 1. The van der Waals surface area contributed by atoms with Crippen molar-refractivity contribution >= 4 is 11.5 Å². The van der Waals surface area contributed by atoms with E-state index >= 15 is 0 Å². The number of aromatic nitrogens is 2. The lowest BCUT2D eigenvalue weighted by atomic mass is 9.86. The Morgan fingerprint density at radius 1 is 0.775 bits per heavy atom. The molecule has 4 fully saturated rings. The first-order valence-electron chi connectivity index (χ1n) is 16.1. The second-order valence-electron chi connectivity index (χ2n) is 13.0. The van der Waals surface area contributed by atoms with Crippen LogP contribution in [0, 0.1) is 5.92 Å². The van der Waals surface area contributed by atoms with Gasteiger partial charge in [-0.3, -0.25) is 4.90 Å². The van der Waals surface area contributed by atoms with Gasteiger partial charge < -0.3 is 25.1 Å². The molecule has 216 valence electrons. The highest BCUT2D eigenvalue weighted by Crippen LogP contribution is 2.37. The summed E-state index contributed by atoms with van der Waals surface area (Å²) in [5.41, 5.74) is 2.59. The van der Waals surface area contributed by atoms with Crippen LogP contribution in [0.1, 0.15) is 57.8 Å². The molecule has 8 heteroatoms. The van der Waals surface area contributed by atoms with Gasteiger partial charge in [-0.2, -0.15) is 0 Å². The summed E-state index contributed by atoms with van der Waals surface area (Å²) in [6.07, 6.45) is 12.5. The lowest BCUT2D eigenvalue weighted by Gasteiger charge is -2.49. The van der Waals surface area contributed by atoms with Gasteiger partial charge in [0.15, 0.2) is 5.82 Å². The van der Waals surface area contributed by atoms with E-state index in [9.17, 15) is 5.11 Å². The summed E-state index contributed by atoms with van der Waals surface area (Å²) in [5, 5.41) is 22.8. The monoisotopic (exact) mass is 545 g/mol. The molecule has 0 amide bonds. The molecule has 2 N–H and O–H groups in total. The van der Waals surface area contributed by atoms with E-state index in [0.717, 1.165) is 66.9 Å². The predicted octanol–water partition coefficient (Wildman–Crippen LogP) is 4.27.